The topological polar surface area (TPSA) is 85.7 Å². The molecule has 1 aliphatic rings. The predicted molar refractivity (Wildman–Crippen MR) is 203 cm³/mol. The fraction of sp³-hybridized carbons (Fsp3) is 0.500. The number of carbonyl (C=O) groups is 2. The van der Waals surface area contributed by atoms with Gasteiger partial charge < -0.3 is 19.4 Å². The minimum atomic E-state index is -0.709. The first kappa shape index (κ1) is 36.9. The number of benzene rings is 3. The third-order valence-electron chi connectivity index (χ3n) is 9.74. The van der Waals surface area contributed by atoms with Crippen LogP contribution in [0.2, 0.25) is 0 Å². The van der Waals surface area contributed by atoms with Crippen molar-refractivity contribution >= 4 is 28.9 Å². The molecule has 0 spiro atoms. The Morgan fingerprint density at radius 3 is 2.36 bits per heavy atom. The monoisotopic (exact) mass is 680 g/mol. The van der Waals surface area contributed by atoms with E-state index in [1.54, 1.807) is 13.0 Å². The van der Waals surface area contributed by atoms with Crippen LogP contribution in [0.4, 0.5) is 15.3 Å². The molecule has 1 heterocycles. The van der Waals surface area contributed by atoms with Crippen LogP contribution in [0.15, 0.2) is 66.7 Å². The van der Waals surface area contributed by atoms with Crippen LogP contribution in [0.3, 0.4) is 0 Å². The quantitative estimate of drug-likeness (QED) is 0.0681. The zero-order valence-corrected chi connectivity index (χ0v) is 30.4. The van der Waals surface area contributed by atoms with Crippen molar-refractivity contribution in [3.8, 4) is 16.9 Å². The van der Waals surface area contributed by atoms with Crippen molar-refractivity contribution in [1.29, 1.82) is 0 Å². The molecule has 4 aromatic rings. The Morgan fingerprint density at radius 1 is 0.860 bits per heavy atom. The summed E-state index contributed by atoms with van der Waals surface area (Å²) < 4.78 is 12.8. The van der Waals surface area contributed by atoms with E-state index in [0.29, 0.717) is 18.8 Å². The van der Waals surface area contributed by atoms with Crippen molar-refractivity contribution in [3.63, 3.8) is 0 Å². The van der Waals surface area contributed by atoms with E-state index in [1.807, 2.05) is 23.1 Å². The number of fused-ring (bicyclic) bond motifs is 1. The number of nitrogens with zero attached hydrogens (tertiary/aromatic N) is 3. The van der Waals surface area contributed by atoms with Crippen LogP contribution >= 0.6 is 0 Å². The molecule has 1 fully saturated rings. The zero-order valence-electron chi connectivity index (χ0n) is 30.4. The van der Waals surface area contributed by atoms with E-state index in [0.717, 1.165) is 84.2 Å². The molecule has 3 aromatic carbocycles. The number of amides is 2. The summed E-state index contributed by atoms with van der Waals surface area (Å²) in [6, 6.07) is 22.5. The lowest BCUT2D eigenvalue weighted by Crippen LogP contribution is -2.46. The van der Waals surface area contributed by atoms with Crippen molar-refractivity contribution in [3.05, 3.63) is 78.1 Å². The number of urea groups is 1. The number of aryl methyl sites for hydroxylation is 1. The molecule has 8 nitrogen and oxygen atoms in total. The zero-order chi connectivity index (χ0) is 35.1. The number of rotatable bonds is 17. The molecule has 268 valence electrons. The van der Waals surface area contributed by atoms with Crippen LogP contribution in [-0.2, 0) is 17.7 Å². The Kier molecular flexibility index (Phi) is 14.2. The molecule has 0 aliphatic heterocycles. The van der Waals surface area contributed by atoms with Gasteiger partial charge in [-0.05, 0) is 68.0 Å². The average molecular weight is 681 g/mol. The molecule has 1 saturated carbocycles. The van der Waals surface area contributed by atoms with Gasteiger partial charge in [0.1, 0.15) is 11.6 Å². The summed E-state index contributed by atoms with van der Waals surface area (Å²) in [5, 5.41) is 3.38. The molecule has 1 N–H and O–H groups in total. The first-order chi connectivity index (χ1) is 24.5. The number of anilines is 1. The second-order valence-corrected chi connectivity index (χ2v) is 13.6. The minimum absolute atomic E-state index is 0.0184. The molecule has 0 unspecified atom stereocenters. The summed E-state index contributed by atoms with van der Waals surface area (Å²) in [5.74, 6) is 1.53. The van der Waals surface area contributed by atoms with Crippen LogP contribution in [0, 0.1) is 0 Å². The van der Waals surface area contributed by atoms with Crippen molar-refractivity contribution in [1.82, 2.24) is 14.9 Å². The van der Waals surface area contributed by atoms with Gasteiger partial charge in [-0.3, -0.25) is 4.90 Å². The van der Waals surface area contributed by atoms with Crippen LogP contribution in [0.25, 0.3) is 22.2 Å². The number of imidazole rings is 1. The van der Waals surface area contributed by atoms with Gasteiger partial charge >= 0.3 is 12.2 Å². The van der Waals surface area contributed by atoms with Gasteiger partial charge in [0, 0.05) is 36.8 Å². The van der Waals surface area contributed by atoms with Gasteiger partial charge in [0.05, 0.1) is 17.6 Å². The largest absolute Gasteiger partial charge is 0.513 e. The van der Waals surface area contributed by atoms with E-state index in [2.05, 4.69) is 66.2 Å². The van der Waals surface area contributed by atoms with E-state index in [-0.39, 0.29) is 18.7 Å². The molecular formula is C42H56N4O4. The standard InChI is InChI=1S/C42H56N4O4/c1-4-7-9-10-11-17-29-45(41(47)43-34-18-13-12-14-19-34)35-27-28-37-38(30-35)46(40(44-37)22-8-5-2)31-32-23-25-33(26-24-32)36-20-15-16-21-39(36)50-42(48)49-6-3/h15-16,20-21,23-28,30,34H,4-14,17-19,22,29,31H2,1-3H3,(H,43,47). The van der Waals surface area contributed by atoms with Gasteiger partial charge in [0.25, 0.3) is 0 Å². The van der Waals surface area contributed by atoms with Gasteiger partial charge in [0.2, 0.25) is 0 Å². The lowest BCUT2D eigenvalue weighted by atomic mass is 9.96. The summed E-state index contributed by atoms with van der Waals surface area (Å²) in [5.41, 5.74) is 5.84. The molecule has 8 heteroatoms. The highest BCUT2D eigenvalue weighted by Crippen LogP contribution is 2.31. The fourth-order valence-corrected chi connectivity index (χ4v) is 6.93. The summed E-state index contributed by atoms with van der Waals surface area (Å²) >= 11 is 0. The van der Waals surface area contributed by atoms with E-state index >= 15 is 0 Å². The lowest BCUT2D eigenvalue weighted by Gasteiger charge is -2.28. The number of aromatic nitrogens is 2. The Morgan fingerprint density at radius 2 is 1.60 bits per heavy atom. The smallest absolute Gasteiger partial charge is 0.434 e. The first-order valence-corrected chi connectivity index (χ1v) is 19.1. The molecule has 5 rings (SSSR count). The highest BCUT2D eigenvalue weighted by Gasteiger charge is 2.22. The molecule has 0 radical (unpaired) electrons. The van der Waals surface area contributed by atoms with Crippen LogP contribution in [0.5, 0.6) is 5.75 Å². The van der Waals surface area contributed by atoms with Crippen molar-refractivity contribution in [2.75, 3.05) is 18.1 Å². The average Bonchev–Trinajstić information content (AvgIpc) is 3.47. The normalized spacial score (nSPS) is 13.3. The summed E-state index contributed by atoms with van der Waals surface area (Å²) in [7, 11) is 0. The third-order valence-corrected chi connectivity index (χ3v) is 9.74. The van der Waals surface area contributed by atoms with Crippen molar-refractivity contribution in [2.24, 2.45) is 0 Å². The molecule has 0 bridgehead atoms. The highest BCUT2D eigenvalue weighted by atomic mass is 16.7. The van der Waals surface area contributed by atoms with E-state index < -0.39 is 6.16 Å². The number of nitrogens with one attached hydrogen (secondary N) is 1. The summed E-state index contributed by atoms with van der Waals surface area (Å²) in [6.07, 6.45) is 15.2. The van der Waals surface area contributed by atoms with Gasteiger partial charge in [-0.1, -0.05) is 114 Å². The second kappa shape index (κ2) is 19.2. The number of unbranched alkanes of at least 4 members (excludes halogenated alkanes) is 6. The maximum atomic E-state index is 13.9. The number of ether oxygens (including phenoxy) is 2. The summed E-state index contributed by atoms with van der Waals surface area (Å²) in [6.45, 7) is 7.82. The molecular weight excluding hydrogens is 624 g/mol. The Hall–Kier alpha value is -4.33. The van der Waals surface area contributed by atoms with Gasteiger partial charge in [0.15, 0.2) is 0 Å². The van der Waals surface area contributed by atoms with Gasteiger partial charge in [-0.25, -0.2) is 14.6 Å². The van der Waals surface area contributed by atoms with Gasteiger partial charge in [-0.2, -0.15) is 0 Å². The summed E-state index contributed by atoms with van der Waals surface area (Å²) in [4.78, 5) is 33.0. The number of hydrogen-bond acceptors (Lipinski definition) is 5. The van der Waals surface area contributed by atoms with Crippen LogP contribution in [-0.4, -0.2) is 40.9 Å². The Balaban J connectivity index is 1.41. The van der Waals surface area contributed by atoms with Crippen LogP contribution in [0.1, 0.15) is 116 Å². The van der Waals surface area contributed by atoms with E-state index in [9.17, 15) is 9.59 Å². The number of carbonyl (C=O) groups excluding carboxylic acids is 2. The SMILES string of the molecule is CCCCCCCCN(C(=O)NC1CCCCC1)c1ccc2nc(CCCC)n(Cc3ccc(-c4ccccc4OC(=O)OCC)cc3)c2c1. The first-order valence-electron chi connectivity index (χ1n) is 19.1. The molecule has 1 aromatic heterocycles. The third kappa shape index (κ3) is 10.1. The Bertz CT molecular complexity index is 1660. The number of hydrogen-bond donors (Lipinski definition) is 1. The fourth-order valence-electron chi connectivity index (χ4n) is 6.93. The Labute approximate surface area is 298 Å². The highest BCUT2D eigenvalue weighted by molar-refractivity contribution is 5.94. The predicted octanol–water partition coefficient (Wildman–Crippen LogP) is 10.8. The second-order valence-electron chi connectivity index (χ2n) is 13.6. The van der Waals surface area contributed by atoms with Crippen LogP contribution < -0.4 is 15.0 Å². The molecule has 0 atom stereocenters. The minimum Gasteiger partial charge on any atom is -0.434 e. The van der Waals surface area contributed by atoms with E-state index in [4.69, 9.17) is 14.5 Å². The van der Waals surface area contributed by atoms with Crippen molar-refractivity contribution < 1.29 is 19.1 Å². The molecule has 50 heavy (non-hydrogen) atoms. The van der Waals surface area contributed by atoms with Gasteiger partial charge in [-0.15, -0.1) is 0 Å². The maximum absolute atomic E-state index is 13.9. The van der Waals surface area contributed by atoms with Crippen molar-refractivity contribution in [2.45, 2.75) is 123 Å². The molecule has 2 amide bonds. The number of para-hydroxylation sites is 1. The molecule has 0 saturated heterocycles. The molecule has 1 aliphatic carbocycles. The maximum Gasteiger partial charge on any atom is 0.513 e. The lowest BCUT2D eigenvalue weighted by molar-refractivity contribution is 0.104. The van der Waals surface area contributed by atoms with E-state index in [1.165, 1.54) is 44.9 Å².